The van der Waals surface area contributed by atoms with E-state index in [-0.39, 0.29) is 12.4 Å². The van der Waals surface area contributed by atoms with Crippen LogP contribution in [0.5, 0.6) is 5.75 Å². The molecule has 0 atom stereocenters. The van der Waals surface area contributed by atoms with Gasteiger partial charge in [-0.25, -0.2) is 5.43 Å². The van der Waals surface area contributed by atoms with Gasteiger partial charge in [-0.1, -0.05) is 0 Å². The molecule has 0 aliphatic carbocycles. The van der Waals surface area contributed by atoms with Gasteiger partial charge in [0.15, 0.2) is 0 Å². The highest BCUT2D eigenvalue weighted by Gasteiger charge is 2.09. The third-order valence-electron chi connectivity index (χ3n) is 2.73. The van der Waals surface area contributed by atoms with Crippen molar-refractivity contribution < 1.29 is 15.0 Å². The van der Waals surface area contributed by atoms with Gasteiger partial charge in [0, 0.05) is 23.5 Å². The molecule has 0 aliphatic heterocycles. The molecule has 7 nitrogen and oxygen atoms in total. The number of amides is 1. The Morgan fingerprint density at radius 3 is 3.05 bits per heavy atom. The molecule has 2 rings (SSSR count). The molecule has 0 bridgehead atoms. The summed E-state index contributed by atoms with van der Waals surface area (Å²) in [4.78, 5) is 18.3. The van der Waals surface area contributed by atoms with Crippen molar-refractivity contribution in [3.63, 3.8) is 0 Å². The third kappa shape index (κ3) is 2.83. The molecule has 0 aromatic carbocycles. The average molecular weight is 274 g/mol. The number of aliphatic hydroxyl groups excluding tert-OH is 1. The number of aromatic hydroxyl groups is 1. The highest BCUT2D eigenvalue weighted by Crippen LogP contribution is 2.21. The summed E-state index contributed by atoms with van der Waals surface area (Å²) in [6, 6.07) is 3.30. The van der Waals surface area contributed by atoms with Gasteiger partial charge in [0.05, 0.1) is 18.5 Å². The zero-order chi connectivity index (χ0) is 14.5. The number of carbonyl (C=O) groups excluding carboxylic acids is 1. The van der Waals surface area contributed by atoms with Crippen molar-refractivity contribution in [1.29, 1.82) is 0 Å². The maximum absolute atomic E-state index is 11.6. The molecule has 0 radical (unpaired) electrons. The molecule has 2 aromatic heterocycles. The summed E-state index contributed by atoms with van der Waals surface area (Å²) in [5, 5.41) is 22.8. The van der Waals surface area contributed by atoms with Crippen molar-refractivity contribution in [1.82, 2.24) is 15.4 Å². The van der Waals surface area contributed by atoms with Gasteiger partial charge in [0.2, 0.25) is 0 Å². The van der Waals surface area contributed by atoms with Crippen LogP contribution < -0.4 is 5.43 Å². The van der Waals surface area contributed by atoms with Crippen LogP contribution in [0.1, 0.15) is 27.3 Å². The van der Waals surface area contributed by atoms with E-state index in [4.69, 9.17) is 0 Å². The summed E-state index contributed by atoms with van der Waals surface area (Å²) < 4.78 is 0. The Morgan fingerprint density at radius 1 is 1.60 bits per heavy atom. The first kappa shape index (κ1) is 13.8. The molecular weight excluding hydrogens is 260 g/mol. The van der Waals surface area contributed by atoms with Gasteiger partial charge in [-0.3, -0.25) is 9.78 Å². The van der Waals surface area contributed by atoms with Gasteiger partial charge in [0.1, 0.15) is 11.4 Å². The minimum absolute atomic E-state index is 0.0746. The van der Waals surface area contributed by atoms with Crippen molar-refractivity contribution >= 4 is 12.1 Å². The Morgan fingerprint density at radius 2 is 2.40 bits per heavy atom. The number of aliphatic hydroxyl groups is 1. The fourth-order valence-electron chi connectivity index (χ4n) is 1.61. The first-order valence-corrected chi connectivity index (χ1v) is 5.88. The largest absolute Gasteiger partial charge is 0.505 e. The number of aromatic amines is 1. The van der Waals surface area contributed by atoms with Gasteiger partial charge < -0.3 is 15.2 Å². The van der Waals surface area contributed by atoms with Crippen molar-refractivity contribution in [2.75, 3.05) is 0 Å². The Labute approximate surface area is 115 Å². The van der Waals surface area contributed by atoms with E-state index in [1.165, 1.54) is 12.4 Å². The molecule has 7 heteroatoms. The van der Waals surface area contributed by atoms with E-state index in [1.54, 1.807) is 25.3 Å². The molecule has 4 N–H and O–H groups in total. The molecule has 0 fully saturated rings. The van der Waals surface area contributed by atoms with Crippen LogP contribution >= 0.6 is 0 Å². The zero-order valence-corrected chi connectivity index (χ0v) is 10.8. The predicted octanol–water partition coefficient (Wildman–Crippen LogP) is 0.680. The summed E-state index contributed by atoms with van der Waals surface area (Å²) in [6.07, 6.45) is 4.35. The third-order valence-corrected chi connectivity index (χ3v) is 2.73. The Hall–Kier alpha value is -2.67. The number of carbonyl (C=O) groups is 1. The second kappa shape index (κ2) is 5.98. The highest BCUT2D eigenvalue weighted by atomic mass is 16.3. The molecule has 0 spiro atoms. The van der Waals surface area contributed by atoms with E-state index in [0.29, 0.717) is 22.5 Å². The molecule has 104 valence electrons. The normalized spacial score (nSPS) is 10.9. The van der Waals surface area contributed by atoms with Gasteiger partial charge >= 0.3 is 0 Å². The Balaban J connectivity index is 2.15. The van der Waals surface area contributed by atoms with Gasteiger partial charge in [-0.2, -0.15) is 5.10 Å². The lowest BCUT2D eigenvalue weighted by Crippen LogP contribution is -2.18. The van der Waals surface area contributed by atoms with Gasteiger partial charge in [-0.05, 0) is 19.1 Å². The minimum atomic E-state index is -0.401. The lowest BCUT2D eigenvalue weighted by molar-refractivity contribution is 0.0951. The van der Waals surface area contributed by atoms with Crippen LogP contribution in [0.3, 0.4) is 0 Å². The molecule has 0 unspecified atom stereocenters. The number of hydrogen-bond donors (Lipinski definition) is 4. The lowest BCUT2D eigenvalue weighted by Gasteiger charge is -2.06. The number of H-pyrrole nitrogens is 1. The second-order valence-electron chi connectivity index (χ2n) is 4.07. The molecule has 0 saturated carbocycles. The maximum atomic E-state index is 11.6. The first-order chi connectivity index (χ1) is 9.63. The zero-order valence-electron chi connectivity index (χ0n) is 10.8. The molecule has 20 heavy (non-hydrogen) atoms. The number of hydrazone groups is 1. The van der Waals surface area contributed by atoms with Crippen LogP contribution in [0.4, 0.5) is 0 Å². The van der Waals surface area contributed by atoms with E-state index < -0.39 is 5.91 Å². The number of nitrogens with zero attached hydrogens (tertiary/aromatic N) is 2. The number of pyridine rings is 1. The topological polar surface area (TPSA) is 111 Å². The SMILES string of the molecule is Cc1ncc(CO)c(/C=N/NC(=O)c2ccc[nH]2)c1O. The van der Waals surface area contributed by atoms with E-state index >= 15 is 0 Å². The monoisotopic (exact) mass is 274 g/mol. The van der Waals surface area contributed by atoms with E-state index in [0.717, 1.165) is 0 Å². The van der Waals surface area contributed by atoms with Gasteiger partial charge in [-0.15, -0.1) is 0 Å². The minimum Gasteiger partial charge on any atom is -0.505 e. The van der Waals surface area contributed by atoms with Crippen molar-refractivity contribution in [2.24, 2.45) is 5.10 Å². The van der Waals surface area contributed by atoms with Crippen molar-refractivity contribution in [2.45, 2.75) is 13.5 Å². The smallest absolute Gasteiger partial charge is 0.287 e. The number of aryl methyl sites for hydroxylation is 1. The summed E-state index contributed by atoms with van der Waals surface area (Å²) in [5.41, 5.74) is 3.86. The van der Waals surface area contributed by atoms with Crippen LogP contribution in [0.2, 0.25) is 0 Å². The molecule has 0 aliphatic rings. The van der Waals surface area contributed by atoms with Crippen molar-refractivity contribution in [3.8, 4) is 5.75 Å². The van der Waals surface area contributed by atoms with Crippen LogP contribution in [0.15, 0.2) is 29.6 Å². The standard InChI is InChI=1S/C13H14N4O3/c1-8-12(19)10(9(7-18)5-15-8)6-16-17-13(20)11-3-2-4-14-11/h2-6,14,18-19H,7H2,1H3,(H,17,20)/b16-6+. The van der Waals surface area contributed by atoms with Crippen LogP contribution in [-0.2, 0) is 6.61 Å². The highest BCUT2D eigenvalue weighted by molar-refractivity contribution is 5.93. The van der Waals surface area contributed by atoms with Gasteiger partial charge in [0.25, 0.3) is 5.91 Å². The second-order valence-corrected chi connectivity index (χ2v) is 4.07. The summed E-state index contributed by atoms with van der Waals surface area (Å²) >= 11 is 0. The van der Waals surface area contributed by atoms with Crippen molar-refractivity contribution in [3.05, 3.63) is 47.0 Å². The Kier molecular flexibility index (Phi) is 4.11. The molecular formula is C13H14N4O3. The van der Waals surface area contributed by atoms with E-state index in [9.17, 15) is 15.0 Å². The number of hydrogen-bond acceptors (Lipinski definition) is 5. The number of aromatic nitrogens is 2. The van der Waals surface area contributed by atoms with Crippen LogP contribution in [-0.4, -0.2) is 32.3 Å². The summed E-state index contributed by atoms with van der Waals surface area (Å²) in [7, 11) is 0. The lowest BCUT2D eigenvalue weighted by atomic mass is 10.1. The maximum Gasteiger partial charge on any atom is 0.287 e. The average Bonchev–Trinajstić information content (AvgIpc) is 2.97. The molecule has 0 saturated heterocycles. The summed E-state index contributed by atoms with van der Waals surface area (Å²) in [6.45, 7) is 1.35. The van der Waals surface area contributed by atoms with E-state index in [2.05, 4.69) is 20.5 Å². The fraction of sp³-hybridized carbons (Fsp3) is 0.154. The predicted molar refractivity (Wildman–Crippen MR) is 72.4 cm³/mol. The quantitative estimate of drug-likeness (QED) is 0.485. The van der Waals surface area contributed by atoms with Crippen LogP contribution in [0, 0.1) is 6.92 Å². The number of nitrogens with one attached hydrogen (secondary N) is 2. The molecule has 2 aromatic rings. The van der Waals surface area contributed by atoms with Crippen LogP contribution in [0.25, 0.3) is 0 Å². The summed E-state index contributed by atoms with van der Waals surface area (Å²) in [5.74, 6) is -0.475. The Bertz CT molecular complexity index is 635. The van der Waals surface area contributed by atoms with E-state index in [1.807, 2.05) is 0 Å². The number of rotatable bonds is 4. The molecule has 2 heterocycles. The fourth-order valence-corrected chi connectivity index (χ4v) is 1.61. The molecule has 1 amide bonds. The first-order valence-electron chi connectivity index (χ1n) is 5.88.